The Morgan fingerprint density at radius 2 is 1.85 bits per heavy atom. The number of nitrogens with zero attached hydrogens (tertiary/aromatic N) is 7. The van der Waals surface area contributed by atoms with Crippen molar-refractivity contribution in [2.75, 3.05) is 43.4 Å². The Hall–Kier alpha value is -3.56. The molecule has 1 aliphatic rings. The first-order valence-electron chi connectivity index (χ1n) is 10.6. The van der Waals surface area contributed by atoms with Gasteiger partial charge in [0.25, 0.3) is 5.91 Å². The number of benzene rings is 1. The molecule has 3 aromatic heterocycles. The van der Waals surface area contributed by atoms with E-state index in [1.807, 2.05) is 37.5 Å². The molecule has 0 spiro atoms. The van der Waals surface area contributed by atoms with Gasteiger partial charge in [-0.15, -0.1) is 5.10 Å². The average Bonchev–Trinajstić information content (AvgIpc) is 3.25. The van der Waals surface area contributed by atoms with Crippen LogP contribution in [0.15, 0.2) is 48.9 Å². The van der Waals surface area contributed by atoms with Crippen molar-refractivity contribution in [2.45, 2.75) is 0 Å². The lowest BCUT2D eigenvalue weighted by Gasteiger charge is -2.33. The van der Waals surface area contributed by atoms with Crippen LogP contribution in [0.1, 0.15) is 10.4 Å². The highest BCUT2D eigenvalue weighted by atomic mass is 35.5. The molecule has 33 heavy (non-hydrogen) atoms. The molecule has 0 saturated carbocycles. The molecule has 4 heterocycles. The molecular weight excluding hydrogens is 440 g/mol. The molecule has 1 amide bonds. The van der Waals surface area contributed by atoms with Gasteiger partial charge in [-0.3, -0.25) is 9.48 Å². The summed E-state index contributed by atoms with van der Waals surface area (Å²) in [5.74, 6) is 0.755. The van der Waals surface area contributed by atoms with Crippen LogP contribution in [0.3, 0.4) is 0 Å². The molecule has 0 unspecified atom stereocenters. The van der Waals surface area contributed by atoms with Gasteiger partial charge in [-0.2, -0.15) is 0 Å². The van der Waals surface area contributed by atoms with Crippen molar-refractivity contribution in [3.05, 3.63) is 59.5 Å². The molecule has 0 atom stereocenters. The zero-order chi connectivity index (χ0) is 22.9. The van der Waals surface area contributed by atoms with Crippen molar-refractivity contribution in [1.82, 2.24) is 29.9 Å². The average molecular weight is 463 g/mol. The minimum Gasteiger partial charge on any atom is -0.353 e. The maximum atomic E-state index is 13.0. The van der Waals surface area contributed by atoms with Crippen molar-refractivity contribution < 1.29 is 4.79 Å². The predicted octanol–water partition coefficient (Wildman–Crippen LogP) is 3.08. The Morgan fingerprint density at radius 1 is 1.03 bits per heavy atom. The summed E-state index contributed by atoms with van der Waals surface area (Å²) in [5.41, 5.74) is 2.09. The van der Waals surface area contributed by atoms with Crippen molar-refractivity contribution in [3.63, 3.8) is 0 Å². The number of amides is 1. The van der Waals surface area contributed by atoms with Gasteiger partial charge in [-0.05, 0) is 30.6 Å². The van der Waals surface area contributed by atoms with Crippen LogP contribution in [0, 0.1) is 0 Å². The third kappa shape index (κ3) is 4.37. The van der Waals surface area contributed by atoms with Crippen LogP contribution < -0.4 is 10.2 Å². The summed E-state index contributed by atoms with van der Waals surface area (Å²) in [4.78, 5) is 26.2. The van der Waals surface area contributed by atoms with Gasteiger partial charge in [-0.25, -0.2) is 9.97 Å². The Balaban J connectivity index is 1.39. The SMILES string of the molecule is CN1CCN(c2nccc(C(=O)Nc3cc4cc(-c5cn(C)nn5)ccc4cn3)c2Cl)CC1. The maximum Gasteiger partial charge on any atom is 0.258 e. The molecule has 168 valence electrons. The van der Waals surface area contributed by atoms with E-state index in [4.69, 9.17) is 11.6 Å². The van der Waals surface area contributed by atoms with Crippen LogP contribution >= 0.6 is 11.6 Å². The van der Waals surface area contributed by atoms with Crippen LogP contribution in [0.5, 0.6) is 0 Å². The number of hydrogen-bond acceptors (Lipinski definition) is 7. The summed E-state index contributed by atoms with van der Waals surface area (Å²) >= 11 is 6.61. The van der Waals surface area contributed by atoms with E-state index in [-0.39, 0.29) is 5.91 Å². The second kappa shape index (κ2) is 8.76. The molecule has 0 bridgehead atoms. The van der Waals surface area contributed by atoms with Gasteiger partial charge in [0.1, 0.15) is 17.3 Å². The smallest absolute Gasteiger partial charge is 0.258 e. The van der Waals surface area contributed by atoms with Gasteiger partial charge in [-0.1, -0.05) is 28.9 Å². The number of aromatic nitrogens is 5. The van der Waals surface area contributed by atoms with Gasteiger partial charge in [0, 0.05) is 56.6 Å². The first-order chi connectivity index (χ1) is 16.0. The highest BCUT2D eigenvalue weighted by molar-refractivity contribution is 6.36. The summed E-state index contributed by atoms with van der Waals surface area (Å²) in [6.45, 7) is 3.47. The van der Waals surface area contributed by atoms with E-state index in [1.165, 1.54) is 0 Å². The summed E-state index contributed by atoms with van der Waals surface area (Å²) in [6.07, 6.45) is 5.21. The number of likely N-dealkylation sites (N-methyl/N-ethyl adjacent to an activating group) is 1. The number of rotatable bonds is 4. The number of nitrogens with one attached hydrogen (secondary N) is 1. The molecule has 0 aliphatic carbocycles. The standard InChI is InChI=1S/C23H23ClN8O/c1-30-7-9-32(10-8-30)22-21(24)18(5-6-25-22)23(33)27-20-12-17-11-15(3-4-16(17)13-26-20)19-14-31(2)29-28-19/h3-6,11-14H,7-10H2,1-2H3,(H,26,27,33). The summed E-state index contributed by atoms with van der Waals surface area (Å²) in [7, 11) is 3.91. The Bertz CT molecular complexity index is 1330. The van der Waals surface area contributed by atoms with E-state index in [0.717, 1.165) is 48.2 Å². The number of aryl methyl sites for hydroxylation is 1. The molecule has 0 radical (unpaired) electrons. The van der Waals surface area contributed by atoms with Crippen LogP contribution in [-0.2, 0) is 7.05 Å². The second-order valence-electron chi connectivity index (χ2n) is 8.15. The van der Waals surface area contributed by atoms with Gasteiger partial charge < -0.3 is 15.1 Å². The number of halogens is 1. The van der Waals surface area contributed by atoms with Gasteiger partial charge in [0.2, 0.25) is 0 Å². The highest BCUT2D eigenvalue weighted by Gasteiger charge is 2.22. The molecule has 1 aromatic carbocycles. The lowest BCUT2D eigenvalue weighted by molar-refractivity contribution is 0.102. The third-order valence-corrected chi connectivity index (χ3v) is 6.15. The molecule has 4 aromatic rings. The fraction of sp³-hybridized carbons (Fsp3) is 0.261. The number of carbonyl (C=O) groups is 1. The van der Waals surface area contributed by atoms with E-state index >= 15 is 0 Å². The Kier molecular flexibility index (Phi) is 5.65. The second-order valence-corrected chi connectivity index (χ2v) is 8.53. The van der Waals surface area contributed by atoms with E-state index in [0.29, 0.717) is 22.2 Å². The van der Waals surface area contributed by atoms with Crippen LogP contribution in [0.25, 0.3) is 22.0 Å². The van der Waals surface area contributed by atoms with Crippen molar-refractivity contribution in [1.29, 1.82) is 0 Å². The number of hydrogen-bond donors (Lipinski definition) is 1. The van der Waals surface area contributed by atoms with Crippen LogP contribution in [-0.4, -0.2) is 69.0 Å². The summed E-state index contributed by atoms with van der Waals surface area (Å²) in [6, 6.07) is 9.42. The first kappa shape index (κ1) is 21.3. The lowest BCUT2D eigenvalue weighted by Crippen LogP contribution is -2.45. The minimum atomic E-state index is -0.324. The zero-order valence-corrected chi connectivity index (χ0v) is 19.1. The molecule has 9 nitrogen and oxygen atoms in total. The normalized spacial score (nSPS) is 14.6. The summed E-state index contributed by atoms with van der Waals surface area (Å²) < 4.78 is 1.66. The first-order valence-corrected chi connectivity index (χ1v) is 11.0. The monoisotopic (exact) mass is 462 g/mol. The number of anilines is 2. The maximum absolute atomic E-state index is 13.0. The van der Waals surface area contributed by atoms with E-state index in [9.17, 15) is 4.79 Å². The van der Waals surface area contributed by atoms with Crippen LogP contribution in [0.4, 0.5) is 11.6 Å². The molecule has 5 rings (SSSR count). The molecule has 1 fully saturated rings. The Morgan fingerprint density at radius 3 is 2.61 bits per heavy atom. The predicted molar refractivity (Wildman–Crippen MR) is 129 cm³/mol. The van der Waals surface area contributed by atoms with Crippen LogP contribution in [0.2, 0.25) is 5.02 Å². The van der Waals surface area contributed by atoms with Gasteiger partial charge in [0.15, 0.2) is 0 Å². The third-order valence-electron chi connectivity index (χ3n) is 5.78. The molecule has 1 saturated heterocycles. The van der Waals surface area contributed by atoms with Crippen molar-refractivity contribution >= 4 is 39.9 Å². The molecular formula is C23H23ClN8O. The van der Waals surface area contributed by atoms with Crippen molar-refractivity contribution in [3.8, 4) is 11.3 Å². The highest BCUT2D eigenvalue weighted by Crippen LogP contribution is 2.29. The molecule has 1 aliphatic heterocycles. The number of piperazine rings is 1. The van der Waals surface area contributed by atoms with E-state index in [1.54, 1.807) is 23.1 Å². The van der Waals surface area contributed by atoms with Crippen molar-refractivity contribution in [2.24, 2.45) is 7.05 Å². The molecule has 10 heteroatoms. The largest absolute Gasteiger partial charge is 0.353 e. The van der Waals surface area contributed by atoms with E-state index in [2.05, 4.69) is 42.4 Å². The fourth-order valence-electron chi connectivity index (χ4n) is 3.88. The summed E-state index contributed by atoms with van der Waals surface area (Å²) in [5, 5.41) is 13.3. The quantitative estimate of drug-likeness (QED) is 0.498. The van der Waals surface area contributed by atoms with E-state index < -0.39 is 0 Å². The lowest BCUT2D eigenvalue weighted by atomic mass is 10.1. The fourth-order valence-corrected chi connectivity index (χ4v) is 4.20. The minimum absolute atomic E-state index is 0.324. The Labute approximate surface area is 196 Å². The number of pyridine rings is 2. The molecule has 1 N–H and O–H groups in total. The van der Waals surface area contributed by atoms with Gasteiger partial charge in [0.05, 0.1) is 16.8 Å². The number of fused-ring (bicyclic) bond motifs is 1. The number of carbonyl (C=O) groups excluding carboxylic acids is 1. The zero-order valence-electron chi connectivity index (χ0n) is 18.4. The van der Waals surface area contributed by atoms with Gasteiger partial charge >= 0.3 is 0 Å². The topological polar surface area (TPSA) is 92.1 Å².